The van der Waals surface area contributed by atoms with Crippen molar-refractivity contribution in [1.29, 1.82) is 0 Å². The monoisotopic (exact) mass is 608 g/mol. The van der Waals surface area contributed by atoms with Gasteiger partial charge in [-0.1, -0.05) is 12.1 Å². The molecule has 0 unspecified atom stereocenters. The van der Waals surface area contributed by atoms with Crippen molar-refractivity contribution in [3.05, 3.63) is 59.9 Å². The summed E-state index contributed by atoms with van der Waals surface area (Å²) in [5.74, 6) is 0.496. The number of fused-ring (bicyclic) bond motifs is 1. The van der Waals surface area contributed by atoms with Crippen molar-refractivity contribution in [2.24, 2.45) is 5.92 Å². The second-order valence-corrected chi connectivity index (χ2v) is 13.2. The molecule has 0 radical (unpaired) electrons. The lowest BCUT2D eigenvalue weighted by Crippen LogP contribution is -2.55. The predicted molar refractivity (Wildman–Crippen MR) is 175 cm³/mol. The lowest BCUT2D eigenvalue weighted by atomic mass is 9.93. The van der Waals surface area contributed by atoms with Gasteiger partial charge >= 0.3 is 0 Å². The third-order valence-electron chi connectivity index (χ3n) is 10.5. The maximum Gasteiger partial charge on any atom is 0.254 e. The zero-order valence-electron chi connectivity index (χ0n) is 26.3. The van der Waals surface area contributed by atoms with Crippen LogP contribution in [0.3, 0.4) is 0 Å². The summed E-state index contributed by atoms with van der Waals surface area (Å²) in [4.78, 5) is 55.5. The van der Waals surface area contributed by atoms with Gasteiger partial charge in [0, 0.05) is 99.5 Å². The summed E-state index contributed by atoms with van der Waals surface area (Å²) in [6.07, 6.45) is 10.9. The Morgan fingerprint density at radius 1 is 0.800 bits per heavy atom. The number of H-pyrrole nitrogens is 1. The molecule has 45 heavy (non-hydrogen) atoms. The number of rotatable bonds is 5. The number of amides is 3. The second kappa shape index (κ2) is 12.8. The Bertz CT molecular complexity index is 1600. The van der Waals surface area contributed by atoms with E-state index in [2.05, 4.69) is 45.1 Å². The van der Waals surface area contributed by atoms with E-state index in [1.54, 1.807) is 6.92 Å². The molecule has 2 aromatic heterocycles. The van der Waals surface area contributed by atoms with Gasteiger partial charge in [-0.25, -0.2) is 4.98 Å². The molecule has 1 N–H and O–H groups in total. The average molecular weight is 609 g/mol. The summed E-state index contributed by atoms with van der Waals surface area (Å²) in [7, 11) is 0. The Morgan fingerprint density at radius 3 is 2.24 bits per heavy atom. The number of likely N-dealkylation sites (tertiary alicyclic amines) is 2. The molecule has 0 spiro atoms. The largest absolute Gasteiger partial charge is 0.361 e. The zero-order chi connectivity index (χ0) is 30.9. The number of aromatic amines is 1. The lowest BCUT2D eigenvalue weighted by Gasteiger charge is -2.43. The fourth-order valence-electron chi connectivity index (χ4n) is 7.71. The Morgan fingerprint density at radius 2 is 1.53 bits per heavy atom. The highest BCUT2D eigenvalue weighted by Gasteiger charge is 2.34. The Hall–Kier alpha value is -3.98. The molecule has 3 aliphatic heterocycles. The van der Waals surface area contributed by atoms with Crippen LogP contribution in [-0.2, 0) is 9.59 Å². The molecular weight excluding hydrogens is 564 g/mol. The van der Waals surface area contributed by atoms with Crippen LogP contribution in [0.5, 0.6) is 0 Å². The summed E-state index contributed by atoms with van der Waals surface area (Å²) in [6.45, 7) is 7.69. The first kappa shape index (κ1) is 29.7. The highest BCUT2D eigenvalue weighted by molar-refractivity contribution is 5.96. The molecule has 7 rings (SSSR count). The number of piperidine rings is 2. The third kappa shape index (κ3) is 6.27. The summed E-state index contributed by atoms with van der Waals surface area (Å²) < 4.78 is 0. The second-order valence-electron chi connectivity index (χ2n) is 13.2. The van der Waals surface area contributed by atoms with Crippen molar-refractivity contribution >= 4 is 34.2 Å². The molecule has 5 heterocycles. The van der Waals surface area contributed by atoms with Crippen LogP contribution in [0.4, 0.5) is 0 Å². The highest BCUT2D eigenvalue weighted by Crippen LogP contribution is 2.31. The number of piperazine rings is 1. The van der Waals surface area contributed by atoms with Crippen LogP contribution in [0, 0.1) is 5.92 Å². The normalized spacial score (nSPS) is 20.6. The molecule has 9 heteroatoms. The van der Waals surface area contributed by atoms with Crippen LogP contribution in [0.1, 0.15) is 67.9 Å². The molecule has 3 amide bonds. The Kier molecular flexibility index (Phi) is 8.45. The molecule has 0 bridgehead atoms. The molecule has 3 saturated heterocycles. The number of aromatic nitrogens is 2. The molecule has 0 atom stereocenters. The van der Waals surface area contributed by atoms with E-state index in [1.807, 2.05) is 28.1 Å². The molecule has 9 nitrogen and oxygen atoms in total. The van der Waals surface area contributed by atoms with Gasteiger partial charge in [0.2, 0.25) is 11.8 Å². The van der Waals surface area contributed by atoms with E-state index < -0.39 is 0 Å². The molecule has 1 aromatic carbocycles. The number of carbonyl (C=O) groups is 3. The fourth-order valence-corrected chi connectivity index (χ4v) is 7.71. The first-order valence-electron chi connectivity index (χ1n) is 16.8. The minimum Gasteiger partial charge on any atom is -0.361 e. The van der Waals surface area contributed by atoms with Crippen LogP contribution in [0.2, 0.25) is 0 Å². The summed E-state index contributed by atoms with van der Waals surface area (Å²) in [5, 5.41) is 1.13. The number of nitrogens with one attached hydrogen (secondary N) is 1. The van der Waals surface area contributed by atoms with Crippen molar-refractivity contribution in [3.8, 4) is 11.3 Å². The van der Waals surface area contributed by atoms with E-state index in [0.717, 1.165) is 99.0 Å². The summed E-state index contributed by atoms with van der Waals surface area (Å²) >= 11 is 0. The zero-order valence-corrected chi connectivity index (χ0v) is 26.3. The maximum atomic E-state index is 13.9. The quantitative estimate of drug-likeness (QED) is 0.449. The summed E-state index contributed by atoms with van der Waals surface area (Å²) in [6, 6.07) is 12.8. The predicted octanol–water partition coefficient (Wildman–Crippen LogP) is 4.80. The number of nitrogens with zero attached hydrogens (tertiary/aromatic N) is 5. The van der Waals surface area contributed by atoms with Gasteiger partial charge in [-0.15, -0.1) is 0 Å². The van der Waals surface area contributed by atoms with Crippen LogP contribution in [0.25, 0.3) is 27.7 Å². The molecule has 1 aliphatic carbocycles. The van der Waals surface area contributed by atoms with Crippen molar-refractivity contribution in [2.75, 3.05) is 52.4 Å². The van der Waals surface area contributed by atoms with E-state index in [9.17, 15) is 14.4 Å². The Labute approximate surface area is 265 Å². The SMILES string of the molecule is CC(=O)N1CCC(C(=O)N2CCC(N3CCN(C(=O)c4cc(C5=CCCC5)nc(-c5ccc6[nH]ccc6c5)c4)CC3)CC2)CC1. The molecule has 4 aliphatic rings. The van der Waals surface area contributed by atoms with E-state index >= 15 is 0 Å². The van der Waals surface area contributed by atoms with Crippen molar-refractivity contribution in [3.63, 3.8) is 0 Å². The van der Waals surface area contributed by atoms with E-state index in [1.165, 1.54) is 5.57 Å². The van der Waals surface area contributed by atoms with Gasteiger partial charge in [-0.05, 0) is 80.9 Å². The van der Waals surface area contributed by atoms with Gasteiger partial charge in [-0.3, -0.25) is 19.3 Å². The molecule has 0 saturated carbocycles. The average Bonchev–Trinajstić information content (AvgIpc) is 3.80. The number of carbonyl (C=O) groups excluding carboxylic acids is 3. The van der Waals surface area contributed by atoms with E-state index in [-0.39, 0.29) is 23.6 Å². The minimum atomic E-state index is 0.0439. The van der Waals surface area contributed by atoms with Crippen molar-refractivity contribution in [1.82, 2.24) is 29.6 Å². The summed E-state index contributed by atoms with van der Waals surface area (Å²) in [5.41, 5.74) is 5.83. The smallest absolute Gasteiger partial charge is 0.254 e. The first-order valence-corrected chi connectivity index (χ1v) is 16.8. The van der Waals surface area contributed by atoms with E-state index in [0.29, 0.717) is 37.8 Å². The minimum absolute atomic E-state index is 0.0439. The van der Waals surface area contributed by atoms with Crippen LogP contribution in [0.15, 0.2) is 48.7 Å². The van der Waals surface area contributed by atoms with Crippen LogP contribution >= 0.6 is 0 Å². The number of pyridine rings is 1. The Balaban J connectivity index is 0.971. The van der Waals surface area contributed by atoms with Gasteiger partial charge in [0.25, 0.3) is 5.91 Å². The number of hydrogen-bond donors (Lipinski definition) is 1. The topological polar surface area (TPSA) is 92.9 Å². The number of hydrogen-bond acceptors (Lipinski definition) is 5. The van der Waals surface area contributed by atoms with E-state index in [4.69, 9.17) is 4.98 Å². The number of allylic oxidation sites excluding steroid dienone is 2. The molecule has 3 fully saturated rings. The van der Waals surface area contributed by atoms with Gasteiger partial charge < -0.3 is 19.7 Å². The molecular formula is C36H44N6O3. The molecule has 236 valence electrons. The van der Waals surface area contributed by atoms with Crippen molar-refractivity contribution < 1.29 is 14.4 Å². The van der Waals surface area contributed by atoms with Crippen LogP contribution in [-0.4, -0.2) is 106 Å². The van der Waals surface area contributed by atoms with Gasteiger partial charge in [0.1, 0.15) is 0 Å². The lowest BCUT2D eigenvalue weighted by molar-refractivity contribution is -0.141. The molecule has 3 aromatic rings. The highest BCUT2D eigenvalue weighted by atomic mass is 16.2. The maximum absolute atomic E-state index is 13.9. The number of benzene rings is 1. The van der Waals surface area contributed by atoms with Gasteiger partial charge in [-0.2, -0.15) is 0 Å². The van der Waals surface area contributed by atoms with Crippen LogP contribution < -0.4 is 0 Å². The third-order valence-corrected chi connectivity index (χ3v) is 10.5. The fraction of sp³-hybridized carbons (Fsp3) is 0.500. The first-order chi connectivity index (χ1) is 21.9. The standard InChI is InChI=1S/C36H44N6O3/c1-25(43)39-14-9-27(10-15-39)35(44)41-16-11-31(12-17-41)40-18-20-42(21-19-40)36(45)30-23-33(26-4-2-3-5-26)38-34(24-30)28-6-7-32-29(22-28)8-13-37-32/h4,6-8,13,22-24,27,31,37H,2-3,5,9-12,14-21H2,1H3. The van der Waals surface area contributed by atoms with Gasteiger partial charge in [0.15, 0.2) is 0 Å². The van der Waals surface area contributed by atoms with Crippen molar-refractivity contribution in [2.45, 2.75) is 57.9 Å². The van der Waals surface area contributed by atoms with Gasteiger partial charge in [0.05, 0.1) is 11.4 Å².